The lowest BCUT2D eigenvalue weighted by Gasteiger charge is -1.98. The number of aryl methyl sites for hydroxylation is 1. The van der Waals surface area contributed by atoms with Gasteiger partial charge in [-0.15, -0.1) is 10.2 Å². The van der Waals surface area contributed by atoms with Crippen molar-refractivity contribution in [2.45, 2.75) is 31.9 Å². The van der Waals surface area contributed by atoms with Gasteiger partial charge in [0, 0.05) is 16.4 Å². The number of fused-ring (bicyclic) bond motifs is 1. The van der Waals surface area contributed by atoms with Crippen LogP contribution in [-0.2, 0) is 0 Å². The fourth-order valence-electron chi connectivity index (χ4n) is 2.06. The molecule has 0 aliphatic rings. The van der Waals surface area contributed by atoms with E-state index in [0.29, 0.717) is 11.1 Å². The van der Waals surface area contributed by atoms with Crippen molar-refractivity contribution in [2.24, 2.45) is 0 Å². The van der Waals surface area contributed by atoms with E-state index in [4.69, 9.17) is 4.42 Å². The summed E-state index contributed by atoms with van der Waals surface area (Å²) in [7, 11) is 0. The van der Waals surface area contributed by atoms with Crippen LogP contribution in [0, 0.1) is 6.92 Å². The van der Waals surface area contributed by atoms with E-state index in [0.717, 1.165) is 40.1 Å². The minimum absolute atomic E-state index is 0.511. The zero-order valence-electron chi connectivity index (χ0n) is 11.8. The second-order valence-electron chi connectivity index (χ2n) is 4.70. The van der Waals surface area contributed by atoms with Crippen LogP contribution in [0.15, 0.2) is 32.4 Å². The molecule has 21 heavy (non-hydrogen) atoms. The molecule has 3 aromatic rings. The Labute approximate surface area is 135 Å². The lowest BCUT2D eigenvalue weighted by Crippen LogP contribution is -1.89. The number of imidazole rings is 1. The first kappa shape index (κ1) is 14.6. The Kier molecular flexibility index (Phi) is 4.30. The smallest absolute Gasteiger partial charge is 0.276 e. The summed E-state index contributed by atoms with van der Waals surface area (Å²) in [5, 5.41) is 8.89. The van der Waals surface area contributed by atoms with Crippen molar-refractivity contribution in [3.8, 4) is 11.6 Å². The maximum atomic E-state index is 5.77. The van der Waals surface area contributed by atoms with Gasteiger partial charge in [0.15, 0.2) is 0 Å². The molecule has 0 radical (unpaired) electrons. The molecule has 3 rings (SSSR count). The van der Waals surface area contributed by atoms with E-state index in [1.807, 2.05) is 29.7 Å². The highest BCUT2D eigenvalue weighted by Gasteiger charge is 2.17. The number of pyridine rings is 1. The molecule has 110 valence electrons. The fraction of sp³-hybridized carbons (Fsp3) is 0.357. The first-order valence-corrected chi connectivity index (χ1v) is 8.57. The van der Waals surface area contributed by atoms with Crippen LogP contribution < -0.4 is 0 Å². The molecule has 0 aliphatic heterocycles. The third-order valence-electron chi connectivity index (χ3n) is 3.09. The average molecular weight is 367 g/mol. The maximum absolute atomic E-state index is 5.77. The van der Waals surface area contributed by atoms with E-state index >= 15 is 0 Å². The summed E-state index contributed by atoms with van der Waals surface area (Å²) in [5.74, 6) is 1.51. The molecule has 0 N–H and O–H groups in total. The van der Waals surface area contributed by atoms with Crippen LogP contribution >= 0.6 is 27.7 Å². The van der Waals surface area contributed by atoms with Crippen molar-refractivity contribution in [3.63, 3.8) is 0 Å². The quantitative estimate of drug-likeness (QED) is 0.496. The fourth-order valence-corrected chi connectivity index (χ4v) is 3.24. The van der Waals surface area contributed by atoms with Gasteiger partial charge >= 0.3 is 0 Å². The van der Waals surface area contributed by atoms with E-state index in [1.54, 1.807) is 11.8 Å². The SMILES string of the molecule is CCCCSc1nnc(-c2c(C)nc3ccc(Br)cn23)o1. The predicted octanol–water partition coefficient (Wildman–Crippen LogP) is 4.35. The molecule has 0 unspecified atom stereocenters. The highest BCUT2D eigenvalue weighted by molar-refractivity contribution is 9.10. The number of unbranched alkanes of at least 4 members (excludes halogenated alkanes) is 1. The third-order valence-corrected chi connectivity index (χ3v) is 4.46. The largest absolute Gasteiger partial charge is 0.410 e. The van der Waals surface area contributed by atoms with E-state index < -0.39 is 0 Å². The molecule has 0 aromatic carbocycles. The second-order valence-corrected chi connectivity index (χ2v) is 6.66. The van der Waals surface area contributed by atoms with Crippen molar-refractivity contribution in [1.29, 1.82) is 0 Å². The van der Waals surface area contributed by atoms with Gasteiger partial charge in [-0.1, -0.05) is 25.1 Å². The topological polar surface area (TPSA) is 56.2 Å². The first-order chi connectivity index (χ1) is 10.2. The summed E-state index contributed by atoms with van der Waals surface area (Å²) < 4.78 is 8.71. The molecule has 0 amide bonds. The minimum Gasteiger partial charge on any atom is -0.410 e. The second kappa shape index (κ2) is 6.19. The molecule has 0 spiro atoms. The molecule has 3 aromatic heterocycles. The summed E-state index contributed by atoms with van der Waals surface area (Å²) in [4.78, 5) is 4.52. The Morgan fingerprint density at radius 3 is 3.00 bits per heavy atom. The van der Waals surface area contributed by atoms with E-state index in [2.05, 4.69) is 38.0 Å². The van der Waals surface area contributed by atoms with Gasteiger partial charge in [0.05, 0.1) is 5.69 Å². The number of halogens is 1. The zero-order valence-corrected chi connectivity index (χ0v) is 14.2. The Hall–Kier alpha value is -1.34. The van der Waals surface area contributed by atoms with Gasteiger partial charge in [0.2, 0.25) is 0 Å². The van der Waals surface area contributed by atoms with Crippen LogP contribution in [0.25, 0.3) is 17.2 Å². The lowest BCUT2D eigenvalue weighted by atomic mass is 10.3. The maximum Gasteiger partial charge on any atom is 0.276 e. The van der Waals surface area contributed by atoms with Gasteiger partial charge in [-0.05, 0) is 41.4 Å². The van der Waals surface area contributed by atoms with Crippen molar-refractivity contribution >= 4 is 33.3 Å². The first-order valence-electron chi connectivity index (χ1n) is 6.80. The number of hydrogen-bond donors (Lipinski definition) is 0. The standard InChI is InChI=1S/C14H15BrN4OS/c1-3-4-7-21-14-18-17-13(20-14)12-9(2)16-11-6-5-10(15)8-19(11)12/h5-6,8H,3-4,7H2,1-2H3. The lowest BCUT2D eigenvalue weighted by molar-refractivity contribution is 0.464. The minimum atomic E-state index is 0.511. The van der Waals surface area contributed by atoms with Gasteiger partial charge in [-0.2, -0.15) is 0 Å². The molecule has 0 fully saturated rings. The molecule has 7 heteroatoms. The van der Waals surface area contributed by atoms with Crippen molar-refractivity contribution < 1.29 is 4.42 Å². The highest BCUT2D eigenvalue weighted by Crippen LogP contribution is 2.28. The van der Waals surface area contributed by atoms with Crippen LogP contribution in [0.4, 0.5) is 0 Å². The monoisotopic (exact) mass is 366 g/mol. The Balaban J connectivity index is 1.96. The number of hydrogen-bond acceptors (Lipinski definition) is 5. The molecule has 5 nitrogen and oxygen atoms in total. The molecule has 0 saturated carbocycles. The van der Waals surface area contributed by atoms with Crippen LogP contribution in [0.5, 0.6) is 0 Å². The van der Waals surface area contributed by atoms with E-state index in [9.17, 15) is 0 Å². The summed E-state index contributed by atoms with van der Waals surface area (Å²) in [6, 6.07) is 3.92. The summed E-state index contributed by atoms with van der Waals surface area (Å²) in [5.41, 5.74) is 2.59. The zero-order chi connectivity index (χ0) is 14.8. The Morgan fingerprint density at radius 1 is 1.33 bits per heavy atom. The van der Waals surface area contributed by atoms with Gasteiger partial charge in [0.1, 0.15) is 11.3 Å². The summed E-state index contributed by atoms with van der Waals surface area (Å²) in [6.07, 6.45) is 4.26. The number of thioether (sulfide) groups is 1. The van der Waals surface area contributed by atoms with Crippen molar-refractivity contribution in [1.82, 2.24) is 19.6 Å². The van der Waals surface area contributed by atoms with Crippen LogP contribution in [0.1, 0.15) is 25.5 Å². The van der Waals surface area contributed by atoms with Gasteiger partial charge < -0.3 is 4.42 Å². The van der Waals surface area contributed by atoms with E-state index in [1.165, 1.54) is 0 Å². The number of aromatic nitrogens is 4. The normalized spacial score (nSPS) is 11.4. The predicted molar refractivity (Wildman–Crippen MR) is 86.6 cm³/mol. The molecule has 3 heterocycles. The number of nitrogens with zero attached hydrogens (tertiary/aromatic N) is 4. The Bertz CT molecular complexity index is 768. The van der Waals surface area contributed by atoms with Gasteiger partial charge in [0.25, 0.3) is 11.1 Å². The molecule has 0 saturated heterocycles. The molecular weight excluding hydrogens is 352 g/mol. The van der Waals surface area contributed by atoms with Crippen molar-refractivity contribution in [3.05, 3.63) is 28.5 Å². The molecule has 0 atom stereocenters. The Morgan fingerprint density at radius 2 is 2.19 bits per heavy atom. The molecular formula is C14H15BrN4OS. The molecule has 0 bridgehead atoms. The third kappa shape index (κ3) is 2.98. The van der Waals surface area contributed by atoms with Crippen molar-refractivity contribution in [2.75, 3.05) is 5.75 Å². The van der Waals surface area contributed by atoms with E-state index in [-0.39, 0.29) is 0 Å². The van der Waals surface area contributed by atoms with Crippen LogP contribution in [-0.4, -0.2) is 25.3 Å². The van der Waals surface area contributed by atoms with Crippen LogP contribution in [0.2, 0.25) is 0 Å². The van der Waals surface area contributed by atoms with Crippen LogP contribution in [0.3, 0.4) is 0 Å². The average Bonchev–Trinajstić information content (AvgIpc) is 3.02. The van der Waals surface area contributed by atoms with Gasteiger partial charge in [-0.3, -0.25) is 4.40 Å². The molecule has 0 aliphatic carbocycles. The summed E-state index contributed by atoms with van der Waals surface area (Å²) >= 11 is 5.07. The highest BCUT2D eigenvalue weighted by atomic mass is 79.9. The number of rotatable bonds is 5. The summed E-state index contributed by atoms with van der Waals surface area (Å²) in [6.45, 7) is 4.11. The van der Waals surface area contributed by atoms with Gasteiger partial charge in [-0.25, -0.2) is 4.98 Å².